The van der Waals surface area contributed by atoms with E-state index in [2.05, 4.69) is 53.2 Å². The second kappa shape index (κ2) is 9.47. The third-order valence-electron chi connectivity index (χ3n) is 5.39. The molecule has 1 heterocycles. The number of carbonyl (C=O) groups excluding carboxylic acids is 1. The van der Waals surface area contributed by atoms with Gasteiger partial charge in [-0.25, -0.2) is 4.98 Å². The van der Waals surface area contributed by atoms with Crippen LogP contribution in [0, 0.1) is 6.92 Å². The first-order valence-corrected chi connectivity index (χ1v) is 10.6. The van der Waals surface area contributed by atoms with E-state index in [4.69, 9.17) is 9.72 Å². The van der Waals surface area contributed by atoms with Crippen LogP contribution in [0.15, 0.2) is 72.8 Å². The van der Waals surface area contributed by atoms with Crippen molar-refractivity contribution in [2.45, 2.75) is 26.3 Å². The summed E-state index contributed by atoms with van der Waals surface area (Å²) in [5, 5.41) is 3.00. The molecule has 3 aromatic carbocycles. The highest BCUT2D eigenvalue weighted by Gasteiger charge is 2.12. The van der Waals surface area contributed by atoms with Gasteiger partial charge >= 0.3 is 0 Å². The molecular formula is C26H27N3O2. The lowest BCUT2D eigenvalue weighted by Crippen LogP contribution is -2.25. The summed E-state index contributed by atoms with van der Waals surface area (Å²) < 4.78 is 7.48. The first-order valence-electron chi connectivity index (χ1n) is 10.6. The summed E-state index contributed by atoms with van der Waals surface area (Å²) >= 11 is 0. The zero-order valence-corrected chi connectivity index (χ0v) is 18.0. The fraction of sp³-hybridized carbons (Fsp3) is 0.231. The molecule has 0 spiro atoms. The number of carbonyl (C=O) groups is 1. The van der Waals surface area contributed by atoms with E-state index in [1.54, 1.807) is 19.2 Å². The molecule has 0 saturated heterocycles. The number of amides is 1. The molecule has 4 rings (SSSR count). The minimum atomic E-state index is -0.0907. The number of methoxy groups -OCH3 is 1. The summed E-state index contributed by atoms with van der Waals surface area (Å²) in [6, 6.07) is 24.0. The first kappa shape index (κ1) is 20.7. The monoisotopic (exact) mass is 413 g/mol. The number of fused-ring (bicyclic) bond motifs is 1. The Balaban J connectivity index is 1.43. The molecule has 0 aliphatic rings. The lowest BCUT2D eigenvalue weighted by molar-refractivity contribution is 0.0953. The third kappa shape index (κ3) is 4.94. The lowest BCUT2D eigenvalue weighted by Gasteiger charge is -2.11. The van der Waals surface area contributed by atoms with Gasteiger partial charge in [-0.15, -0.1) is 0 Å². The van der Waals surface area contributed by atoms with Gasteiger partial charge in [0.2, 0.25) is 0 Å². The SMILES string of the molecule is COc1cccc(C(=O)NCCCc2nc3ccccc3n2Cc2ccc(C)cc2)c1. The molecule has 5 nitrogen and oxygen atoms in total. The summed E-state index contributed by atoms with van der Waals surface area (Å²) in [4.78, 5) is 17.3. The van der Waals surface area contributed by atoms with E-state index in [0.717, 1.165) is 36.2 Å². The minimum absolute atomic E-state index is 0.0907. The Labute approximate surface area is 182 Å². The Morgan fingerprint density at radius 1 is 1.03 bits per heavy atom. The summed E-state index contributed by atoms with van der Waals surface area (Å²) in [6.45, 7) is 3.47. The number of hydrogen-bond acceptors (Lipinski definition) is 3. The average molecular weight is 414 g/mol. The molecule has 0 saturated carbocycles. The highest BCUT2D eigenvalue weighted by molar-refractivity contribution is 5.94. The number of para-hydroxylation sites is 2. The summed E-state index contributed by atoms with van der Waals surface area (Å²) in [5.41, 5.74) is 5.25. The van der Waals surface area contributed by atoms with E-state index in [0.29, 0.717) is 17.9 Å². The molecule has 0 aliphatic heterocycles. The molecule has 0 aliphatic carbocycles. The van der Waals surface area contributed by atoms with E-state index in [1.807, 2.05) is 24.3 Å². The van der Waals surface area contributed by atoms with Crippen molar-refractivity contribution in [3.63, 3.8) is 0 Å². The van der Waals surface area contributed by atoms with Crippen molar-refractivity contribution >= 4 is 16.9 Å². The molecule has 1 aromatic heterocycles. The third-order valence-corrected chi connectivity index (χ3v) is 5.39. The van der Waals surface area contributed by atoms with Crippen LogP contribution in [0.3, 0.4) is 0 Å². The predicted octanol–water partition coefficient (Wildman–Crippen LogP) is 4.76. The van der Waals surface area contributed by atoms with Crippen molar-refractivity contribution < 1.29 is 9.53 Å². The molecule has 1 N–H and O–H groups in total. The van der Waals surface area contributed by atoms with E-state index >= 15 is 0 Å². The van der Waals surface area contributed by atoms with Crippen LogP contribution in [0.25, 0.3) is 11.0 Å². The van der Waals surface area contributed by atoms with Gasteiger partial charge in [-0.05, 0) is 49.2 Å². The fourth-order valence-corrected chi connectivity index (χ4v) is 3.68. The van der Waals surface area contributed by atoms with Crippen LogP contribution in [0.4, 0.5) is 0 Å². The van der Waals surface area contributed by atoms with Crippen LogP contribution >= 0.6 is 0 Å². The Hall–Kier alpha value is -3.60. The van der Waals surface area contributed by atoms with Gasteiger partial charge in [0.25, 0.3) is 5.91 Å². The predicted molar refractivity (Wildman–Crippen MR) is 124 cm³/mol. The van der Waals surface area contributed by atoms with Crippen molar-refractivity contribution in [3.8, 4) is 5.75 Å². The first-order chi connectivity index (χ1) is 15.1. The van der Waals surface area contributed by atoms with Crippen molar-refractivity contribution in [1.82, 2.24) is 14.9 Å². The van der Waals surface area contributed by atoms with Gasteiger partial charge < -0.3 is 14.6 Å². The van der Waals surface area contributed by atoms with Gasteiger partial charge in [0.1, 0.15) is 11.6 Å². The highest BCUT2D eigenvalue weighted by Crippen LogP contribution is 2.19. The van der Waals surface area contributed by atoms with Crippen LogP contribution in [-0.4, -0.2) is 29.1 Å². The molecule has 0 atom stereocenters. The maximum absolute atomic E-state index is 12.4. The Bertz CT molecular complexity index is 1180. The van der Waals surface area contributed by atoms with Gasteiger partial charge in [-0.1, -0.05) is 48.0 Å². The normalized spacial score (nSPS) is 10.9. The number of nitrogens with one attached hydrogen (secondary N) is 1. The average Bonchev–Trinajstić information content (AvgIpc) is 3.15. The number of aromatic nitrogens is 2. The molecule has 0 unspecified atom stereocenters. The van der Waals surface area contributed by atoms with Crippen LogP contribution in [0.5, 0.6) is 5.75 Å². The van der Waals surface area contributed by atoms with Crippen LogP contribution in [-0.2, 0) is 13.0 Å². The Morgan fingerprint density at radius 3 is 2.65 bits per heavy atom. The van der Waals surface area contributed by atoms with Crippen molar-refractivity contribution in [3.05, 3.63) is 95.3 Å². The van der Waals surface area contributed by atoms with Crippen molar-refractivity contribution in [1.29, 1.82) is 0 Å². The van der Waals surface area contributed by atoms with E-state index in [-0.39, 0.29) is 5.91 Å². The maximum Gasteiger partial charge on any atom is 0.251 e. The van der Waals surface area contributed by atoms with Crippen LogP contribution in [0.2, 0.25) is 0 Å². The summed E-state index contributed by atoms with van der Waals surface area (Å²) in [7, 11) is 1.60. The number of imidazole rings is 1. The highest BCUT2D eigenvalue weighted by atomic mass is 16.5. The molecule has 0 radical (unpaired) electrons. The van der Waals surface area contributed by atoms with Crippen molar-refractivity contribution in [2.24, 2.45) is 0 Å². The molecule has 1 amide bonds. The van der Waals surface area contributed by atoms with E-state index in [1.165, 1.54) is 11.1 Å². The second-order valence-electron chi connectivity index (χ2n) is 7.68. The van der Waals surface area contributed by atoms with Gasteiger partial charge in [-0.3, -0.25) is 4.79 Å². The smallest absolute Gasteiger partial charge is 0.251 e. The fourth-order valence-electron chi connectivity index (χ4n) is 3.68. The zero-order chi connectivity index (χ0) is 21.6. The number of ether oxygens (including phenoxy) is 1. The Morgan fingerprint density at radius 2 is 1.84 bits per heavy atom. The van der Waals surface area contributed by atoms with Crippen molar-refractivity contribution in [2.75, 3.05) is 13.7 Å². The zero-order valence-electron chi connectivity index (χ0n) is 18.0. The van der Waals surface area contributed by atoms with Crippen LogP contribution < -0.4 is 10.1 Å². The largest absolute Gasteiger partial charge is 0.497 e. The van der Waals surface area contributed by atoms with E-state index < -0.39 is 0 Å². The molecule has 0 bridgehead atoms. The lowest BCUT2D eigenvalue weighted by atomic mass is 10.1. The number of aryl methyl sites for hydroxylation is 2. The quantitative estimate of drug-likeness (QED) is 0.424. The molecular weight excluding hydrogens is 386 g/mol. The molecule has 4 aromatic rings. The van der Waals surface area contributed by atoms with E-state index in [9.17, 15) is 4.79 Å². The number of benzene rings is 3. The number of nitrogens with zero attached hydrogens (tertiary/aromatic N) is 2. The minimum Gasteiger partial charge on any atom is -0.497 e. The molecule has 5 heteroatoms. The standard InChI is InChI=1S/C26H27N3O2/c1-19-12-14-20(15-13-19)18-29-24-10-4-3-9-23(24)28-25(29)11-6-16-27-26(30)21-7-5-8-22(17-21)31-2/h3-5,7-10,12-15,17H,6,11,16,18H2,1-2H3,(H,27,30). The van der Waals surface area contributed by atoms with Gasteiger partial charge in [0.05, 0.1) is 18.1 Å². The van der Waals surface area contributed by atoms with Gasteiger partial charge in [0, 0.05) is 25.1 Å². The van der Waals surface area contributed by atoms with Crippen LogP contribution in [0.1, 0.15) is 33.7 Å². The van der Waals surface area contributed by atoms with Gasteiger partial charge in [-0.2, -0.15) is 0 Å². The Kier molecular flexibility index (Phi) is 6.32. The number of hydrogen-bond donors (Lipinski definition) is 1. The van der Waals surface area contributed by atoms with Gasteiger partial charge in [0.15, 0.2) is 0 Å². The summed E-state index contributed by atoms with van der Waals surface area (Å²) in [5.74, 6) is 1.63. The molecule has 0 fully saturated rings. The molecule has 158 valence electrons. The summed E-state index contributed by atoms with van der Waals surface area (Å²) in [6.07, 6.45) is 1.60. The topological polar surface area (TPSA) is 56.1 Å². The molecule has 31 heavy (non-hydrogen) atoms. The second-order valence-corrected chi connectivity index (χ2v) is 7.68. The maximum atomic E-state index is 12.4. The number of rotatable bonds is 8.